The largest absolute Gasteiger partial charge is 0.481 e. The van der Waals surface area contributed by atoms with E-state index < -0.39 is 60.8 Å². The zero-order chi connectivity index (χ0) is 24.3. The molecule has 4 atom stereocenters. The molecule has 0 aliphatic carbocycles. The Bertz CT molecular complexity index is 816. The highest BCUT2D eigenvalue weighted by Crippen LogP contribution is 2.10. The highest BCUT2D eigenvalue weighted by atomic mass is 16.4. The van der Waals surface area contributed by atoms with E-state index in [4.69, 9.17) is 10.8 Å². The minimum atomic E-state index is -1.32. The van der Waals surface area contributed by atoms with Crippen molar-refractivity contribution in [3.63, 3.8) is 0 Å². The molecule has 0 radical (unpaired) electrons. The standard InChI is InChI=1S/C21H30N4O7/c1-3-12(2)18(25-16(26)11-23-19(29)14(22)10-17(27)28)20(30)24-15(21(31)32)9-13-7-5-4-6-8-13/h4-8,12,14-15,18H,3,9-11,22H2,1-2H3,(H,23,29)(H,24,30)(H,25,26)(H,27,28)(H,31,32). The van der Waals surface area contributed by atoms with Crippen molar-refractivity contribution in [1.82, 2.24) is 16.0 Å². The number of nitrogens with one attached hydrogen (secondary N) is 3. The van der Waals surface area contributed by atoms with Crippen LogP contribution in [0.15, 0.2) is 30.3 Å². The second-order valence-electron chi connectivity index (χ2n) is 7.44. The Labute approximate surface area is 185 Å². The Morgan fingerprint density at radius 3 is 2.16 bits per heavy atom. The number of benzene rings is 1. The minimum absolute atomic E-state index is 0.0700. The van der Waals surface area contributed by atoms with Gasteiger partial charge in [-0.2, -0.15) is 0 Å². The number of carbonyl (C=O) groups excluding carboxylic acids is 3. The van der Waals surface area contributed by atoms with Crippen LogP contribution in [0.5, 0.6) is 0 Å². The molecule has 0 spiro atoms. The van der Waals surface area contributed by atoms with Crippen LogP contribution in [0, 0.1) is 5.92 Å². The number of amides is 3. The molecule has 3 amide bonds. The number of carbonyl (C=O) groups is 5. The van der Waals surface area contributed by atoms with Gasteiger partial charge < -0.3 is 31.9 Å². The summed E-state index contributed by atoms with van der Waals surface area (Å²) in [5.41, 5.74) is 6.15. The number of hydrogen-bond acceptors (Lipinski definition) is 6. The van der Waals surface area contributed by atoms with E-state index in [0.717, 1.165) is 5.56 Å². The van der Waals surface area contributed by atoms with Gasteiger partial charge in [0, 0.05) is 6.42 Å². The Kier molecular flexibility index (Phi) is 10.8. The molecule has 0 heterocycles. The monoisotopic (exact) mass is 450 g/mol. The van der Waals surface area contributed by atoms with Gasteiger partial charge in [0.25, 0.3) is 0 Å². The van der Waals surface area contributed by atoms with Gasteiger partial charge in [-0.15, -0.1) is 0 Å². The van der Waals surface area contributed by atoms with Gasteiger partial charge in [-0.05, 0) is 11.5 Å². The van der Waals surface area contributed by atoms with Crippen LogP contribution in [-0.4, -0.2) is 64.5 Å². The van der Waals surface area contributed by atoms with Crippen LogP contribution in [-0.2, 0) is 30.4 Å². The van der Waals surface area contributed by atoms with Gasteiger partial charge in [-0.25, -0.2) is 4.79 Å². The molecule has 0 aliphatic rings. The summed E-state index contributed by atoms with van der Waals surface area (Å²) in [4.78, 5) is 59.1. The quantitative estimate of drug-likeness (QED) is 0.226. The Hall–Kier alpha value is -3.47. The van der Waals surface area contributed by atoms with Gasteiger partial charge in [0.05, 0.1) is 19.0 Å². The number of aliphatic carboxylic acids is 2. The summed E-state index contributed by atoms with van der Waals surface area (Å²) in [5, 5.41) is 25.3. The third-order valence-corrected chi connectivity index (χ3v) is 4.86. The SMILES string of the molecule is CCC(C)C(NC(=O)CNC(=O)C(N)CC(=O)O)C(=O)NC(Cc1ccccc1)C(=O)O. The molecule has 0 saturated carbocycles. The topological polar surface area (TPSA) is 188 Å². The number of carboxylic acid groups (broad SMARTS) is 2. The van der Waals surface area contributed by atoms with Crippen molar-refractivity contribution in [3.8, 4) is 0 Å². The molecular formula is C21H30N4O7. The fraction of sp³-hybridized carbons (Fsp3) is 0.476. The Morgan fingerprint density at radius 1 is 1.00 bits per heavy atom. The third-order valence-electron chi connectivity index (χ3n) is 4.86. The van der Waals surface area contributed by atoms with Crippen molar-refractivity contribution in [1.29, 1.82) is 0 Å². The van der Waals surface area contributed by atoms with E-state index in [1.54, 1.807) is 37.3 Å². The maximum atomic E-state index is 12.8. The van der Waals surface area contributed by atoms with Crippen molar-refractivity contribution in [3.05, 3.63) is 35.9 Å². The summed E-state index contributed by atoms with van der Waals surface area (Å²) in [6.45, 7) is 3.01. The first-order valence-corrected chi connectivity index (χ1v) is 10.2. The van der Waals surface area contributed by atoms with Crippen molar-refractivity contribution < 1.29 is 34.2 Å². The lowest BCUT2D eigenvalue weighted by Crippen LogP contribution is -2.56. The average molecular weight is 450 g/mol. The summed E-state index contributed by atoms with van der Waals surface area (Å²) < 4.78 is 0. The van der Waals surface area contributed by atoms with Crippen LogP contribution >= 0.6 is 0 Å². The number of carboxylic acids is 2. The summed E-state index contributed by atoms with van der Waals surface area (Å²) in [6.07, 6.45) is -0.00537. The first-order valence-electron chi connectivity index (χ1n) is 10.2. The van der Waals surface area contributed by atoms with Gasteiger partial charge in [-0.1, -0.05) is 50.6 Å². The van der Waals surface area contributed by atoms with Crippen LogP contribution in [0.4, 0.5) is 0 Å². The van der Waals surface area contributed by atoms with E-state index in [-0.39, 0.29) is 12.3 Å². The van der Waals surface area contributed by atoms with E-state index in [0.29, 0.717) is 6.42 Å². The summed E-state index contributed by atoms with van der Waals surface area (Å²) in [5.74, 6) is -4.97. The summed E-state index contributed by atoms with van der Waals surface area (Å²) in [6, 6.07) is 5.26. The van der Waals surface area contributed by atoms with Gasteiger partial charge in [0.1, 0.15) is 12.1 Å². The van der Waals surface area contributed by atoms with E-state index in [1.807, 2.05) is 6.92 Å². The van der Waals surface area contributed by atoms with Crippen molar-refractivity contribution in [2.75, 3.05) is 6.54 Å². The molecule has 1 rings (SSSR count). The lowest BCUT2D eigenvalue weighted by Gasteiger charge is -2.25. The average Bonchev–Trinajstić information content (AvgIpc) is 2.74. The predicted octanol–water partition coefficient (Wildman–Crippen LogP) is -0.752. The normalized spacial score (nSPS) is 14.3. The summed E-state index contributed by atoms with van der Waals surface area (Å²) >= 11 is 0. The van der Waals surface area contributed by atoms with Gasteiger partial charge in [-0.3, -0.25) is 19.2 Å². The van der Waals surface area contributed by atoms with E-state index in [2.05, 4.69) is 16.0 Å². The first kappa shape index (κ1) is 26.6. The molecule has 11 heteroatoms. The molecule has 0 saturated heterocycles. The second-order valence-corrected chi connectivity index (χ2v) is 7.44. The van der Waals surface area contributed by atoms with Gasteiger partial charge >= 0.3 is 11.9 Å². The van der Waals surface area contributed by atoms with Gasteiger partial charge in [0.15, 0.2) is 0 Å². The maximum absolute atomic E-state index is 12.8. The fourth-order valence-corrected chi connectivity index (χ4v) is 2.82. The third kappa shape index (κ3) is 9.13. The highest BCUT2D eigenvalue weighted by molar-refractivity contribution is 5.93. The molecule has 0 aromatic heterocycles. The van der Waals surface area contributed by atoms with E-state index in [1.165, 1.54) is 0 Å². The van der Waals surface area contributed by atoms with Crippen LogP contribution in [0.2, 0.25) is 0 Å². The highest BCUT2D eigenvalue weighted by Gasteiger charge is 2.30. The molecule has 7 N–H and O–H groups in total. The molecule has 1 aromatic carbocycles. The number of rotatable bonds is 13. The van der Waals surface area contributed by atoms with Gasteiger partial charge in [0.2, 0.25) is 17.7 Å². The molecule has 32 heavy (non-hydrogen) atoms. The number of nitrogens with two attached hydrogens (primary N) is 1. The molecule has 4 unspecified atom stereocenters. The maximum Gasteiger partial charge on any atom is 0.326 e. The Morgan fingerprint density at radius 2 is 1.62 bits per heavy atom. The zero-order valence-electron chi connectivity index (χ0n) is 18.0. The molecule has 1 aromatic rings. The lowest BCUT2D eigenvalue weighted by molar-refractivity contribution is -0.142. The lowest BCUT2D eigenvalue weighted by atomic mass is 9.97. The smallest absolute Gasteiger partial charge is 0.326 e. The minimum Gasteiger partial charge on any atom is -0.481 e. The molecular weight excluding hydrogens is 420 g/mol. The van der Waals surface area contributed by atoms with Crippen molar-refractivity contribution in [2.24, 2.45) is 11.7 Å². The van der Waals surface area contributed by atoms with Crippen LogP contribution in [0.1, 0.15) is 32.3 Å². The van der Waals surface area contributed by atoms with Crippen LogP contribution in [0.25, 0.3) is 0 Å². The van der Waals surface area contributed by atoms with E-state index >= 15 is 0 Å². The fourth-order valence-electron chi connectivity index (χ4n) is 2.82. The van der Waals surface area contributed by atoms with Crippen LogP contribution < -0.4 is 21.7 Å². The van der Waals surface area contributed by atoms with E-state index in [9.17, 15) is 29.1 Å². The van der Waals surface area contributed by atoms with Crippen molar-refractivity contribution >= 4 is 29.7 Å². The number of hydrogen-bond donors (Lipinski definition) is 6. The van der Waals surface area contributed by atoms with Crippen molar-refractivity contribution in [2.45, 2.75) is 51.2 Å². The molecule has 0 bridgehead atoms. The second kappa shape index (κ2) is 13.1. The van der Waals surface area contributed by atoms with Crippen LogP contribution in [0.3, 0.4) is 0 Å². The molecule has 11 nitrogen and oxygen atoms in total. The zero-order valence-corrected chi connectivity index (χ0v) is 18.0. The first-order chi connectivity index (χ1) is 15.0. The molecule has 0 aliphatic heterocycles. The summed E-state index contributed by atoms with van der Waals surface area (Å²) in [7, 11) is 0. The Balaban J connectivity index is 2.76. The predicted molar refractivity (Wildman–Crippen MR) is 114 cm³/mol. The molecule has 0 fully saturated rings. The molecule has 176 valence electrons.